The largest absolute Gasteiger partial charge is 0.296 e. The molecule has 1 aliphatic heterocycles. The fourth-order valence-corrected chi connectivity index (χ4v) is 2.45. The van der Waals surface area contributed by atoms with Crippen LogP contribution in [0, 0.1) is 23.0 Å². The van der Waals surface area contributed by atoms with Crippen LogP contribution in [0.4, 0.5) is 8.78 Å². The summed E-state index contributed by atoms with van der Waals surface area (Å²) >= 11 is 0. The molecular weight excluding hydrogens is 260 g/mol. The summed E-state index contributed by atoms with van der Waals surface area (Å²) in [4.78, 5) is 4.20. The number of nitriles is 1. The van der Waals surface area contributed by atoms with Crippen LogP contribution in [0.25, 0.3) is 0 Å². The van der Waals surface area contributed by atoms with E-state index >= 15 is 0 Å². The van der Waals surface area contributed by atoms with Crippen molar-refractivity contribution in [3.8, 4) is 6.07 Å². The summed E-state index contributed by atoms with van der Waals surface area (Å²) < 4.78 is 26.8. The van der Waals surface area contributed by atoms with E-state index in [4.69, 9.17) is 5.26 Å². The molecule has 1 saturated heterocycles. The summed E-state index contributed by atoms with van der Waals surface area (Å²) in [5, 5.41) is 9.12. The van der Waals surface area contributed by atoms with Gasteiger partial charge in [-0.2, -0.15) is 5.26 Å². The molecule has 0 unspecified atom stereocenters. The standard InChI is InChI=1S/C15H19F2N3/c1-15(2,11-18)20-8-6-19(7-9-20)10-12-4-3-5-13(16)14(12)17/h3-5H,6-10H2,1-2H3. The van der Waals surface area contributed by atoms with Crippen molar-refractivity contribution in [2.24, 2.45) is 0 Å². The second-order valence-corrected chi connectivity index (χ2v) is 5.65. The van der Waals surface area contributed by atoms with Crippen molar-refractivity contribution in [3.63, 3.8) is 0 Å². The van der Waals surface area contributed by atoms with Crippen molar-refractivity contribution in [2.45, 2.75) is 25.9 Å². The predicted octanol–water partition coefficient (Wildman–Crippen LogP) is 2.38. The Bertz CT molecular complexity index is 514. The first-order valence-electron chi connectivity index (χ1n) is 6.75. The van der Waals surface area contributed by atoms with Gasteiger partial charge in [0.15, 0.2) is 11.6 Å². The molecule has 0 N–H and O–H groups in total. The minimum Gasteiger partial charge on any atom is -0.296 e. The summed E-state index contributed by atoms with van der Waals surface area (Å²) in [6, 6.07) is 6.57. The van der Waals surface area contributed by atoms with E-state index in [9.17, 15) is 8.78 Å². The van der Waals surface area contributed by atoms with E-state index in [-0.39, 0.29) is 0 Å². The first-order chi connectivity index (χ1) is 9.44. The molecule has 0 aliphatic carbocycles. The highest BCUT2D eigenvalue weighted by Crippen LogP contribution is 2.18. The van der Waals surface area contributed by atoms with E-state index in [1.807, 2.05) is 13.8 Å². The molecule has 0 spiro atoms. The van der Waals surface area contributed by atoms with E-state index in [1.165, 1.54) is 6.07 Å². The molecule has 0 aromatic heterocycles. The van der Waals surface area contributed by atoms with Crippen LogP contribution in [0.5, 0.6) is 0 Å². The molecule has 1 fully saturated rings. The van der Waals surface area contributed by atoms with Gasteiger partial charge >= 0.3 is 0 Å². The van der Waals surface area contributed by atoms with Gasteiger partial charge in [0.05, 0.1) is 6.07 Å². The molecule has 5 heteroatoms. The van der Waals surface area contributed by atoms with Gasteiger partial charge in [0.1, 0.15) is 5.54 Å². The number of hydrogen-bond donors (Lipinski definition) is 0. The van der Waals surface area contributed by atoms with Crippen molar-refractivity contribution in [2.75, 3.05) is 26.2 Å². The first-order valence-corrected chi connectivity index (χ1v) is 6.75. The molecule has 0 bridgehead atoms. The molecule has 2 rings (SSSR count). The SMILES string of the molecule is CC(C)(C#N)N1CCN(Cc2cccc(F)c2F)CC1. The minimum atomic E-state index is -0.799. The Morgan fingerprint density at radius 1 is 1.20 bits per heavy atom. The van der Waals surface area contributed by atoms with Crippen LogP contribution in [0.1, 0.15) is 19.4 Å². The normalized spacial score (nSPS) is 17.9. The lowest BCUT2D eigenvalue weighted by atomic mass is 10.0. The highest BCUT2D eigenvalue weighted by molar-refractivity contribution is 5.19. The van der Waals surface area contributed by atoms with Crippen molar-refractivity contribution in [1.82, 2.24) is 9.80 Å². The van der Waals surface area contributed by atoms with Gasteiger partial charge in [-0.05, 0) is 19.9 Å². The van der Waals surface area contributed by atoms with Gasteiger partial charge in [-0.3, -0.25) is 9.80 Å². The molecule has 0 saturated carbocycles. The third kappa shape index (κ3) is 3.14. The van der Waals surface area contributed by atoms with Gasteiger partial charge in [0.2, 0.25) is 0 Å². The van der Waals surface area contributed by atoms with Crippen molar-refractivity contribution >= 4 is 0 Å². The summed E-state index contributed by atoms with van der Waals surface area (Å²) in [6.07, 6.45) is 0. The number of halogens is 2. The second kappa shape index (κ2) is 5.86. The predicted molar refractivity (Wildman–Crippen MR) is 72.9 cm³/mol. The fourth-order valence-electron chi connectivity index (χ4n) is 2.45. The quantitative estimate of drug-likeness (QED) is 0.851. The molecule has 0 atom stereocenters. The topological polar surface area (TPSA) is 30.3 Å². The van der Waals surface area contributed by atoms with Crippen molar-refractivity contribution in [1.29, 1.82) is 5.26 Å². The number of piperazine rings is 1. The molecule has 0 radical (unpaired) electrons. The van der Waals surface area contributed by atoms with Gasteiger partial charge in [0, 0.05) is 38.3 Å². The maximum atomic E-state index is 13.6. The van der Waals surface area contributed by atoms with Crippen molar-refractivity contribution < 1.29 is 8.78 Å². The lowest BCUT2D eigenvalue weighted by molar-refractivity contribution is 0.0757. The number of benzene rings is 1. The average Bonchev–Trinajstić information content (AvgIpc) is 2.44. The molecular formula is C15H19F2N3. The zero-order valence-electron chi connectivity index (χ0n) is 11.9. The molecule has 20 heavy (non-hydrogen) atoms. The summed E-state index contributed by atoms with van der Waals surface area (Å²) in [7, 11) is 0. The molecule has 1 aromatic rings. The number of nitrogens with zero attached hydrogens (tertiary/aromatic N) is 3. The van der Waals surface area contributed by atoms with Crippen LogP contribution in [0.3, 0.4) is 0 Å². The Labute approximate surface area is 118 Å². The smallest absolute Gasteiger partial charge is 0.163 e. The Kier molecular flexibility index (Phi) is 4.36. The van der Waals surface area contributed by atoms with Crippen LogP contribution < -0.4 is 0 Å². The molecule has 108 valence electrons. The van der Waals surface area contributed by atoms with E-state index in [0.29, 0.717) is 12.1 Å². The third-order valence-electron chi connectivity index (χ3n) is 3.86. The fraction of sp³-hybridized carbons (Fsp3) is 0.533. The zero-order chi connectivity index (χ0) is 14.8. The summed E-state index contributed by atoms with van der Waals surface area (Å²) in [5.41, 5.74) is -0.0890. The summed E-state index contributed by atoms with van der Waals surface area (Å²) in [5.74, 6) is -1.56. The molecule has 1 aliphatic rings. The maximum absolute atomic E-state index is 13.6. The van der Waals surface area contributed by atoms with Gasteiger partial charge < -0.3 is 0 Å². The van der Waals surface area contributed by atoms with Gasteiger partial charge in [-0.15, -0.1) is 0 Å². The summed E-state index contributed by atoms with van der Waals surface area (Å²) in [6.45, 7) is 7.23. The van der Waals surface area contributed by atoms with Crippen LogP contribution in [0.2, 0.25) is 0 Å². The lowest BCUT2D eigenvalue weighted by Crippen LogP contribution is -2.53. The van der Waals surface area contributed by atoms with Crippen LogP contribution in [0.15, 0.2) is 18.2 Å². The highest BCUT2D eigenvalue weighted by Gasteiger charge is 2.29. The van der Waals surface area contributed by atoms with E-state index in [1.54, 1.807) is 6.07 Å². The number of rotatable bonds is 3. The molecule has 1 aromatic carbocycles. The van der Waals surface area contributed by atoms with Crippen molar-refractivity contribution in [3.05, 3.63) is 35.4 Å². The second-order valence-electron chi connectivity index (χ2n) is 5.65. The number of hydrogen-bond acceptors (Lipinski definition) is 3. The van der Waals surface area contributed by atoms with Gasteiger partial charge in [-0.1, -0.05) is 12.1 Å². The molecule has 1 heterocycles. The highest BCUT2D eigenvalue weighted by atomic mass is 19.2. The minimum absolute atomic E-state index is 0.387. The first kappa shape index (κ1) is 14.9. The van der Waals surface area contributed by atoms with Crippen LogP contribution in [-0.2, 0) is 6.54 Å². The Balaban J connectivity index is 1.95. The van der Waals surface area contributed by atoms with E-state index in [0.717, 1.165) is 32.2 Å². The molecule has 3 nitrogen and oxygen atoms in total. The third-order valence-corrected chi connectivity index (χ3v) is 3.86. The van der Waals surface area contributed by atoms with E-state index in [2.05, 4.69) is 15.9 Å². The van der Waals surface area contributed by atoms with Gasteiger partial charge in [0.25, 0.3) is 0 Å². The average molecular weight is 279 g/mol. The Morgan fingerprint density at radius 3 is 2.45 bits per heavy atom. The lowest BCUT2D eigenvalue weighted by Gasteiger charge is -2.40. The van der Waals surface area contributed by atoms with Crippen LogP contribution >= 0.6 is 0 Å². The van der Waals surface area contributed by atoms with Gasteiger partial charge in [-0.25, -0.2) is 8.78 Å². The van der Waals surface area contributed by atoms with Crippen LogP contribution in [-0.4, -0.2) is 41.5 Å². The van der Waals surface area contributed by atoms with E-state index < -0.39 is 17.2 Å². The Morgan fingerprint density at radius 2 is 1.85 bits per heavy atom. The monoisotopic (exact) mass is 279 g/mol. The Hall–Kier alpha value is -1.51. The maximum Gasteiger partial charge on any atom is 0.163 e. The zero-order valence-corrected chi connectivity index (χ0v) is 11.9. The molecule has 0 amide bonds.